The largest absolute Gasteiger partial charge is 0.352 e. The first-order valence-corrected chi connectivity index (χ1v) is 9.86. The van der Waals surface area contributed by atoms with Crippen LogP contribution in [-0.4, -0.2) is 21.1 Å². The van der Waals surface area contributed by atoms with E-state index in [1.165, 1.54) is 4.57 Å². The van der Waals surface area contributed by atoms with Gasteiger partial charge in [0, 0.05) is 6.04 Å². The van der Waals surface area contributed by atoms with Gasteiger partial charge in [-0.05, 0) is 69.5 Å². The molecule has 6 nitrogen and oxygen atoms in total. The first kappa shape index (κ1) is 20.6. The van der Waals surface area contributed by atoms with Crippen molar-refractivity contribution in [2.24, 2.45) is 0 Å². The second kappa shape index (κ2) is 8.07. The Morgan fingerprint density at radius 1 is 1.03 bits per heavy atom. The molecule has 3 aromatic rings. The quantitative estimate of drug-likeness (QED) is 0.724. The summed E-state index contributed by atoms with van der Waals surface area (Å²) in [5, 5.41) is 3.30. The minimum Gasteiger partial charge on any atom is -0.352 e. The van der Waals surface area contributed by atoms with Crippen molar-refractivity contribution >= 4 is 16.8 Å². The maximum absolute atomic E-state index is 13.3. The van der Waals surface area contributed by atoms with Crippen LogP contribution in [0, 0.1) is 20.8 Å². The van der Waals surface area contributed by atoms with E-state index in [0.29, 0.717) is 16.6 Å². The molecule has 0 aliphatic heterocycles. The van der Waals surface area contributed by atoms with Crippen molar-refractivity contribution in [2.45, 2.75) is 53.6 Å². The number of carbonyl (C=O) groups is 1. The lowest BCUT2D eigenvalue weighted by molar-refractivity contribution is -0.122. The van der Waals surface area contributed by atoms with Gasteiger partial charge >= 0.3 is 5.69 Å². The number of fused-ring (bicyclic) bond motifs is 1. The molecular weight excluding hydrogens is 366 g/mol. The molecule has 152 valence electrons. The van der Waals surface area contributed by atoms with E-state index >= 15 is 0 Å². The zero-order chi connectivity index (χ0) is 21.3. The molecular formula is C23H27N3O3. The number of hydrogen-bond donors (Lipinski definition) is 1. The van der Waals surface area contributed by atoms with Crippen molar-refractivity contribution in [2.75, 3.05) is 0 Å². The molecule has 3 rings (SSSR count). The first-order chi connectivity index (χ1) is 13.7. The molecule has 1 amide bonds. The summed E-state index contributed by atoms with van der Waals surface area (Å²) < 4.78 is 2.54. The third kappa shape index (κ3) is 4.01. The van der Waals surface area contributed by atoms with Gasteiger partial charge in [-0.1, -0.05) is 24.6 Å². The average molecular weight is 393 g/mol. The van der Waals surface area contributed by atoms with Crippen molar-refractivity contribution in [3.05, 3.63) is 73.9 Å². The van der Waals surface area contributed by atoms with Crippen molar-refractivity contribution < 1.29 is 4.79 Å². The lowest BCUT2D eigenvalue weighted by atomic mass is 10.1. The van der Waals surface area contributed by atoms with Gasteiger partial charge in [0.2, 0.25) is 5.91 Å². The molecule has 6 heteroatoms. The highest BCUT2D eigenvalue weighted by Crippen LogP contribution is 2.15. The van der Waals surface area contributed by atoms with Gasteiger partial charge in [0.25, 0.3) is 5.56 Å². The summed E-state index contributed by atoms with van der Waals surface area (Å²) >= 11 is 0. The van der Waals surface area contributed by atoms with Crippen LogP contribution in [0.1, 0.15) is 37.0 Å². The Bertz CT molecular complexity index is 1200. The number of hydrogen-bond acceptors (Lipinski definition) is 3. The molecule has 0 unspecified atom stereocenters. The van der Waals surface area contributed by atoms with E-state index in [-0.39, 0.29) is 24.1 Å². The lowest BCUT2D eigenvalue weighted by Gasteiger charge is -2.16. The second-order valence-electron chi connectivity index (χ2n) is 7.68. The van der Waals surface area contributed by atoms with E-state index in [9.17, 15) is 14.4 Å². The lowest BCUT2D eigenvalue weighted by Crippen LogP contribution is -2.43. The standard InChI is InChI=1S/C23H27N3O3/c1-6-17(5)24-21(27)13-25-20-10-7-14(2)11-19(20)22(28)26(23(25)29)18-9-8-15(3)16(4)12-18/h7-12,17H,6,13H2,1-5H3,(H,24,27)/t17-/m0/s1. The van der Waals surface area contributed by atoms with Gasteiger partial charge in [-0.3, -0.25) is 14.2 Å². The zero-order valence-corrected chi connectivity index (χ0v) is 17.6. The zero-order valence-electron chi connectivity index (χ0n) is 17.6. The summed E-state index contributed by atoms with van der Waals surface area (Å²) in [5.74, 6) is -0.256. The number of rotatable bonds is 5. The molecule has 2 aromatic carbocycles. The highest BCUT2D eigenvalue weighted by molar-refractivity contribution is 5.82. The summed E-state index contributed by atoms with van der Waals surface area (Å²) in [6.45, 7) is 9.56. The highest BCUT2D eigenvalue weighted by atomic mass is 16.2. The Balaban J connectivity index is 2.27. The van der Waals surface area contributed by atoms with E-state index in [0.717, 1.165) is 27.7 Å². The molecule has 1 heterocycles. The molecule has 0 saturated carbocycles. The summed E-state index contributed by atoms with van der Waals surface area (Å²) in [4.78, 5) is 39.0. The summed E-state index contributed by atoms with van der Waals surface area (Å²) in [6.07, 6.45) is 0.794. The average Bonchev–Trinajstić information content (AvgIpc) is 2.68. The van der Waals surface area contributed by atoms with Gasteiger partial charge in [0.15, 0.2) is 0 Å². The van der Waals surface area contributed by atoms with Crippen molar-refractivity contribution in [3.63, 3.8) is 0 Å². The minimum absolute atomic E-state index is 0.0114. The number of benzene rings is 2. The minimum atomic E-state index is -0.520. The van der Waals surface area contributed by atoms with Crippen LogP contribution in [0.3, 0.4) is 0 Å². The van der Waals surface area contributed by atoms with Crippen LogP contribution in [0.25, 0.3) is 16.6 Å². The molecule has 0 radical (unpaired) electrons. The number of nitrogens with zero attached hydrogens (tertiary/aromatic N) is 2. The predicted octanol–water partition coefficient (Wildman–Crippen LogP) is 2.99. The first-order valence-electron chi connectivity index (χ1n) is 9.86. The third-order valence-electron chi connectivity index (χ3n) is 5.37. The number of carbonyl (C=O) groups excluding carboxylic acids is 1. The Labute approximate surface area is 169 Å². The molecule has 0 bridgehead atoms. The topological polar surface area (TPSA) is 73.1 Å². The van der Waals surface area contributed by atoms with Crippen LogP contribution in [0.5, 0.6) is 0 Å². The van der Waals surface area contributed by atoms with E-state index in [4.69, 9.17) is 0 Å². The van der Waals surface area contributed by atoms with Crippen LogP contribution in [0.4, 0.5) is 0 Å². The van der Waals surface area contributed by atoms with Crippen molar-refractivity contribution in [3.8, 4) is 5.69 Å². The monoisotopic (exact) mass is 393 g/mol. The molecule has 1 aromatic heterocycles. The third-order valence-corrected chi connectivity index (χ3v) is 5.37. The summed E-state index contributed by atoms with van der Waals surface area (Å²) in [5.41, 5.74) is 3.04. The SMILES string of the molecule is CC[C@H](C)NC(=O)Cn1c(=O)n(-c2ccc(C)c(C)c2)c(=O)c2cc(C)ccc21. The fourth-order valence-electron chi connectivity index (χ4n) is 3.30. The normalized spacial score (nSPS) is 12.2. The van der Waals surface area contributed by atoms with Crippen molar-refractivity contribution in [1.82, 2.24) is 14.5 Å². The Morgan fingerprint density at radius 3 is 2.41 bits per heavy atom. The van der Waals surface area contributed by atoms with Crippen LogP contribution in [-0.2, 0) is 11.3 Å². The number of aromatic nitrogens is 2. The van der Waals surface area contributed by atoms with Crippen molar-refractivity contribution in [1.29, 1.82) is 0 Å². The van der Waals surface area contributed by atoms with E-state index in [1.807, 2.05) is 52.8 Å². The van der Waals surface area contributed by atoms with Gasteiger partial charge < -0.3 is 5.32 Å². The Kier molecular flexibility index (Phi) is 5.73. The highest BCUT2D eigenvalue weighted by Gasteiger charge is 2.17. The molecule has 0 saturated heterocycles. The fraction of sp³-hybridized carbons (Fsp3) is 0.348. The van der Waals surface area contributed by atoms with Gasteiger partial charge in [0.1, 0.15) is 6.54 Å². The molecule has 0 aliphatic rings. The molecule has 29 heavy (non-hydrogen) atoms. The molecule has 0 aliphatic carbocycles. The smallest absolute Gasteiger partial charge is 0.336 e. The molecule has 1 N–H and O–H groups in total. The maximum Gasteiger partial charge on any atom is 0.336 e. The van der Waals surface area contributed by atoms with Crippen LogP contribution in [0.2, 0.25) is 0 Å². The molecule has 1 atom stereocenters. The van der Waals surface area contributed by atoms with Gasteiger partial charge in [-0.2, -0.15) is 0 Å². The fourth-order valence-corrected chi connectivity index (χ4v) is 3.30. The predicted molar refractivity (Wildman–Crippen MR) is 116 cm³/mol. The van der Waals surface area contributed by atoms with Crippen LogP contribution >= 0.6 is 0 Å². The molecule has 0 spiro atoms. The van der Waals surface area contributed by atoms with E-state index in [2.05, 4.69) is 5.32 Å². The Hall–Kier alpha value is -3.15. The number of nitrogens with one attached hydrogen (secondary N) is 1. The van der Waals surface area contributed by atoms with Crippen LogP contribution < -0.4 is 16.6 Å². The number of amides is 1. The van der Waals surface area contributed by atoms with Gasteiger partial charge in [-0.25, -0.2) is 9.36 Å². The van der Waals surface area contributed by atoms with Gasteiger partial charge in [-0.15, -0.1) is 0 Å². The molecule has 0 fully saturated rings. The van der Waals surface area contributed by atoms with Gasteiger partial charge in [0.05, 0.1) is 16.6 Å². The summed E-state index contributed by atoms with van der Waals surface area (Å²) in [6, 6.07) is 10.8. The number of aryl methyl sites for hydroxylation is 3. The maximum atomic E-state index is 13.3. The van der Waals surface area contributed by atoms with E-state index in [1.54, 1.807) is 18.2 Å². The Morgan fingerprint density at radius 2 is 1.76 bits per heavy atom. The summed E-state index contributed by atoms with van der Waals surface area (Å²) in [7, 11) is 0. The van der Waals surface area contributed by atoms with Crippen LogP contribution in [0.15, 0.2) is 46.0 Å². The second-order valence-corrected chi connectivity index (χ2v) is 7.68. The van der Waals surface area contributed by atoms with E-state index < -0.39 is 5.69 Å².